The van der Waals surface area contributed by atoms with Gasteiger partial charge in [-0.25, -0.2) is 4.90 Å². The molecule has 3 rings (SSSR count). The third-order valence-electron chi connectivity index (χ3n) is 3.17. The number of carbonyl (C=O) groups excluding carboxylic acids is 2. The summed E-state index contributed by atoms with van der Waals surface area (Å²) >= 11 is 9.27. The lowest BCUT2D eigenvalue weighted by Crippen LogP contribution is -2.28. The van der Waals surface area contributed by atoms with Crippen LogP contribution in [0.25, 0.3) is 6.08 Å². The van der Waals surface area contributed by atoms with Crippen LogP contribution in [-0.2, 0) is 11.0 Å². The van der Waals surface area contributed by atoms with Gasteiger partial charge < -0.3 is 4.42 Å². The number of hydrogen-bond donors (Lipinski definition) is 0. The van der Waals surface area contributed by atoms with Crippen LogP contribution in [0.1, 0.15) is 11.3 Å². The standard InChI is InChI=1S/C15H6BrClF3NO3S/c16-12-4-2-8(24-12)6-11-13(22)21(14(23)25-11)7-1-3-10(17)9(5-7)15(18,19)20/h1-6H/b11-6+. The van der Waals surface area contributed by atoms with Crippen LogP contribution in [0.5, 0.6) is 0 Å². The van der Waals surface area contributed by atoms with Crippen LogP contribution in [-0.4, -0.2) is 11.1 Å². The highest BCUT2D eigenvalue weighted by Crippen LogP contribution is 2.40. The Bertz CT molecular complexity index is 910. The fourth-order valence-corrected chi connectivity index (χ4v) is 3.46. The topological polar surface area (TPSA) is 50.5 Å². The van der Waals surface area contributed by atoms with Gasteiger partial charge in [0.2, 0.25) is 0 Å². The van der Waals surface area contributed by atoms with Crippen molar-refractivity contribution in [1.82, 2.24) is 0 Å². The Morgan fingerprint density at radius 1 is 1.20 bits per heavy atom. The lowest BCUT2D eigenvalue weighted by molar-refractivity contribution is -0.137. The van der Waals surface area contributed by atoms with E-state index in [0.717, 1.165) is 6.07 Å². The number of amides is 2. The second kappa shape index (κ2) is 6.54. The summed E-state index contributed by atoms with van der Waals surface area (Å²) in [4.78, 5) is 25.2. The van der Waals surface area contributed by atoms with E-state index >= 15 is 0 Å². The summed E-state index contributed by atoms with van der Waals surface area (Å²) in [5.41, 5.74) is -1.33. The van der Waals surface area contributed by atoms with Crippen LogP contribution >= 0.6 is 39.3 Å². The van der Waals surface area contributed by atoms with E-state index in [1.54, 1.807) is 12.1 Å². The number of furan rings is 1. The summed E-state index contributed by atoms with van der Waals surface area (Å²) in [6, 6.07) is 6.02. The van der Waals surface area contributed by atoms with Crippen LogP contribution in [0.15, 0.2) is 44.3 Å². The zero-order valence-electron chi connectivity index (χ0n) is 11.9. The van der Waals surface area contributed by atoms with Gasteiger partial charge in [0.1, 0.15) is 5.76 Å². The van der Waals surface area contributed by atoms with Crippen LogP contribution in [0.3, 0.4) is 0 Å². The molecule has 1 aromatic carbocycles. The summed E-state index contributed by atoms with van der Waals surface area (Å²) in [5, 5.41) is -1.23. The van der Waals surface area contributed by atoms with Crippen molar-refractivity contribution in [3.05, 3.63) is 56.3 Å². The summed E-state index contributed by atoms with van der Waals surface area (Å²) in [6.45, 7) is 0. The minimum atomic E-state index is -4.70. The van der Waals surface area contributed by atoms with Gasteiger partial charge >= 0.3 is 6.18 Å². The number of nitrogens with zero attached hydrogens (tertiary/aromatic N) is 1. The third kappa shape index (κ3) is 3.63. The van der Waals surface area contributed by atoms with Crippen molar-refractivity contribution in [3.8, 4) is 0 Å². The lowest BCUT2D eigenvalue weighted by atomic mass is 10.1. The second-order valence-corrected chi connectivity index (χ2v) is 7.00. The molecule has 0 N–H and O–H groups in total. The molecule has 2 heterocycles. The van der Waals surface area contributed by atoms with E-state index < -0.39 is 27.9 Å². The van der Waals surface area contributed by atoms with Gasteiger partial charge in [0.25, 0.3) is 11.1 Å². The van der Waals surface area contributed by atoms with Crippen molar-refractivity contribution in [2.75, 3.05) is 4.90 Å². The molecule has 0 saturated carbocycles. The van der Waals surface area contributed by atoms with E-state index in [9.17, 15) is 22.8 Å². The highest BCUT2D eigenvalue weighted by Gasteiger charge is 2.39. The minimum absolute atomic E-state index is 0.0374. The van der Waals surface area contributed by atoms with E-state index in [2.05, 4.69) is 15.9 Å². The summed E-state index contributed by atoms with van der Waals surface area (Å²) in [7, 11) is 0. The number of hydrogen-bond acceptors (Lipinski definition) is 4. The van der Waals surface area contributed by atoms with Crippen LogP contribution in [0.2, 0.25) is 5.02 Å². The first-order valence-corrected chi connectivity index (χ1v) is 8.55. The molecule has 10 heteroatoms. The first-order chi connectivity index (χ1) is 11.7. The number of anilines is 1. The largest absolute Gasteiger partial charge is 0.450 e. The average molecular weight is 453 g/mol. The Kier molecular flexibility index (Phi) is 4.74. The molecule has 4 nitrogen and oxygen atoms in total. The first kappa shape index (κ1) is 18.1. The van der Waals surface area contributed by atoms with E-state index in [0.29, 0.717) is 33.2 Å². The molecule has 25 heavy (non-hydrogen) atoms. The normalized spacial score (nSPS) is 17.0. The Morgan fingerprint density at radius 3 is 2.52 bits per heavy atom. The van der Waals surface area contributed by atoms with E-state index in [4.69, 9.17) is 16.0 Å². The van der Waals surface area contributed by atoms with Crippen molar-refractivity contribution < 1.29 is 27.2 Å². The molecule has 0 radical (unpaired) electrons. The number of benzene rings is 1. The zero-order chi connectivity index (χ0) is 18.4. The van der Waals surface area contributed by atoms with Gasteiger partial charge in [0, 0.05) is 6.08 Å². The molecule has 2 amide bonds. The molecule has 0 unspecified atom stereocenters. The van der Waals surface area contributed by atoms with Crippen molar-refractivity contribution in [1.29, 1.82) is 0 Å². The molecule has 1 saturated heterocycles. The summed E-state index contributed by atoms with van der Waals surface area (Å²) in [5.74, 6) is -0.414. The molecule has 1 aliphatic rings. The molecular weight excluding hydrogens is 447 g/mol. The Balaban J connectivity index is 1.97. The van der Waals surface area contributed by atoms with Crippen molar-refractivity contribution in [3.63, 3.8) is 0 Å². The molecular formula is C15H6BrClF3NO3S. The van der Waals surface area contributed by atoms with E-state index in [1.165, 1.54) is 12.1 Å². The van der Waals surface area contributed by atoms with Gasteiger partial charge in [-0.05, 0) is 58.0 Å². The molecule has 1 aromatic heterocycles. The summed E-state index contributed by atoms with van der Waals surface area (Å²) < 4.78 is 44.6. The van der Waals surface area contributed by atoms with Gasteiger partial charge in [0.05, 0.1) is 21.2 Å². The number of imide groups is 1. The molecule has 0 aliphatic carbocycles. The minimum Gasteiger partial charge on any atom is -0.450 e. The maximum atomic E-state index is 13.0. The fraction of sp³-hybridized carbons (Fsp3) is 0.0667. The van der Waals surface area contributed by atoms with Gasteiger partial charge in [-0.15, -0.1) is 0 Å². The van der Waals surface area contributed by atoms with Crippen LogP contribution < -0.4 is 4.90 Å². The lowest BCUT2D eigenvalue weighted by Gasteiger charge is -2.16. The van der Waals surface area contributed by atoms with Crippen molar-refractivity contribution in [2.24, 2.45) is 0 Å². The molecule has 1 fully saturated rings. The molecule has 130 valence electrons. The quantitative estimate of drug-likeness (QED) is 0.528. The molecule has 2 aromatic rings. The maximum absolute atomic E-state index is 13.0. The van der Waals surface area contributed by atoms with Crippen LogP contribution in [0.4, 0.5) is 23.7 Å². The first-order valence-electron chi connectivity index (χ1n) is 6.57. The van der Waals surface area contributed by atoms with E-state index in [1.807, 2.05) is 0 Å². The van der Waals surface area contributed by atoms with E-state index in [-0.39, 0.29) is 10.6 Å². The maximum Gasteiger partial charge on any atom is 0.417 e. The smallest absolute Gasteiger partial charge is 0.417 e. The third-order valence-corrected chi connectivity index (χ3v) is 4.80. The van der Waals surface area contributed by atoms with Gasteiger partial charge in [0.15, 0.2) is 4.67 Å². The van der Waals surface area contributed by atoms with Crippen molar-refractivity contribution in [2.45, 2.75) is 6.18 Å². The average Bonchev–Trinajstić information content (AvgIpc) is 3.03. The Hall–Kier alpha value is -1.71. The highest BCUT2D eigenvalue weighted by molar-refractivity contribution is 9.10. The fourth-order valence-electron chi connectivity index (χ4n) is 2.09. The van der Waals surface area contributed by atoms with Crippen LogP contribution in [0, 0.1) is 0 Å². The number of thioether (sulfide) groups is 1. The number of halogens is 5. The number of carbonyl (C=O) groups is 2. The Morgan fingerprint density at radius 2 is 1.92 bits per heavy atom. The summed E-state index contributed by atoms with van der Waals surface area (Å²) in [6.07, 6.45) is -3.36. The second-order valence-electron chi connectivity index (χ2n) is 4.82. The number of rotatable bonds is 2. The Labute approximate surface area is 156 Å². The predicted molar refractivity (Wildman–Crippen MR) is 91.3 cm³/mol. The van der Waals surface area contributed by atoms with Gasteiger partial charge in [-0.1, -0.05) is 11.6 Å². The highest BCUT2D eigenvalue weighted by atomic mass is 79.9. The monoisotopic (exact) mass is 451 g/mol. The zero-order valence-corrected chi connectivity index (χ0v) is 15.1. The van der Waals surface area contributed by atoms with Gasteiger partial charge in [-0.3, -0.25) is 9.59 Å². The molecule has 0 atom stereocenters. The van der Waals surface area contributed by atoms with Crippen molar-refractivity contribution >= 4 is 62.2 Å². The molecule has 1 aliphatic heterocycles. The molecule has 0 spiro atoms. The SMILES string of the molecule is O=C1S/C(=C/c2ccc(Br)o2)C(=O)N1c1ccc(Cl)c(C(F)(F)F)c1. The molecule has 0 bridgehead atoms. The van der Waals surface area contributed by atoms with Gasteiger partial charge in [-0.2, -0.15) is 13.2 Å². The predicted octanol–water partition coefficient (Wildman–Crippen LogP) is 5.96. The number of alkyl halides is 3.